The zero-order chi connectivity index (χ0) is 16.4. The van der Waals surface area contributed by atoms with E-state index in [1.807, 2.05) is 53.2 Å². The highest BCUT2D eigenvalue weighted by Crippen LogP contribution is 2.23. The summed E-state index contributed by atoms with van der Waals surface area (Å²) < 4.78 is 1.87. The van der Waals surface area contributed by atoms with Crippen LogP contribution in [0.1, 0.15) is 16.8 Å². The van der Waals surface area contributed by atoms with Crippen LogP contribution in [0.5, 0.6) is 0 Å². The van der Waals surface area contributed by atoms with E-state index < -0.39 is 0 Å². The number of hydrogen-bond acceptors (Lipinski definition) is 3. The van der Waals surface area contributed by atoms with Crippen molar-refractivity contribution >= 4 is 22.8 Å². The van der Waals surface area contributed by atoms with E-state index in [1.54, 1.807) is 6.20 Å². The fraction of sp³-hybridized carbons (Fsp3) is 0.0500. The lowest BCUT2D eigenvalue weighted by molar-refractivity contribution is 0.843. The van der Waals surface area contributed by atoms with Crippen molar-refractivity contribution in [3.05, 3.63) is 89.7 Å². The lowest BCUT2D eigenvalue weighted by Gasteiger charge is -2.09. The van der Waals surface area contributed by atoms with Gasteiger partial charge in [-0.15, -0.1) is 5.10 Å². The van der Waals surface area contributed by atoms with E-state index in [9.17, 15) is 0 Å². The van der Waals surface area contributed by atoms with Crippen LogP contribution in [0.4, 0.5) is 0 Å². The Balaban J connectivity index is 1.93. The van der Waals surface area contributed by atoms with Gasteiger partial charge in [-0.05, 0) is 37.3 Å². The minimum atomic E-state index is 0.872. The number of aromatic nitrogens is 4. The Hall–Kier alpha value is -3.27. The molecule has 0 fully saturated rings. The monoisotopic (exact) mass is 312 g/mol. The molecule has 2 aromatic heterocycles. The Morgan fingerprint density at radius 1 is 0.917 bits per heavy atom. The molecule has 0 spiro atoms. The van der Waals surface area contributed by atoms with Crippen LogP contribution in [0.15, 0.2) is 72.9 Å². The van der Waals surface area contributed by atoms with Crippen molar-refractivity contribution in [1.29, 1.82) is 0 Å². The van der Waals surface area contributed by atoms with Crippen LogP contribution in [-0.4, -0.2) is 20.0 Å². The van der Waals surface area contributed by atoms with E-state index in [4.69, 9.17) is 0 Å². The molecule has 0 unspecified atom stereocenters. The maximum atomic E-state index is 4.41. The predicted octanol–water partition coefficient (Wildman–Crippen LogP) is 4.18. The van der Waals surface area contributed by atoms with Gasteiger partial charge in [0.2, 0.25) is 0 Å². The van der Waals surface area contributed by atoms with Gasteiger partial charge < -0.3 is 0 Å². The third-order valence-corrected chi connectivity index (χ3v) is 3.90. The molecule has 0 radical (unpaired) electrons. The van der Waals surface area contributed by atoms with Crippen LogP contribution >= 0.6 is 0 Å². The Bertz CT molecular complexity index is 999. The molecule has 24 heavy (non-hydrogen) atoms. The number of hydrogen-bond donors (Lipinski definition) is 0. The largest absolute Gasteiger partial charge is 0.257 e. The van der Waals surface area contributed by atoms with Crippen molar-refractivity contribution in [2.45, 2.75) is 6.92 Å². The van der Waals surface area contributed by atoms with Gasteiger partial charge in [0.05, 0.1) is 16.9 Å². The van der Waals surface area contributed by atoms with E-state index in [1.165, 1.54) is 5.56 Å². The molecule has 0 N–H and O–H groups in total. The number of fused-ring (bicyclic) bond motifs is 1. The summed E-state index contributed by atoms with van der Waals surface area (Å²) in [5.74, 6) is 0. The van der Waals surface area contributed by atoms with Crippen LogP contribution in [0.2, 0.25) is 0 Å². The predicted molar refractivity (Wildman–Crippen MR) is 96.2 cm³/mol. The lowest BCUT2D eigenvalue weighted by atomic mass is 10.1. The lowest BCUT2D eigenvalue weighted by Crippen LogP contribution is -2.02. The maximum Gasteiger partial charge on any atom is 0.113 e. The second-order valence-corrected chi connectivity index (χ2v) is 5.64. The Morgan fingerprint density at radius 2 is 1.71 bits per heavy atom. The molecule has 2 heterocycles. The molecule has 0 aliphatic heterocycles. The first kappa shape index (κ1) is 14.3. The number of benzene rings is 2. The third-order valence-electron chi connectivity index (χ3n) is 3.90. The molecule has 0 bridgehead atoms. The highest BCUT2D eigenvalue weighted by atomic mass is 15.4. The highest BCUT2D eigenvalue weighted by molar-refractivity contribution is 5.87. The molecule has 2 aromatic carbocycles. The van der Waals surface area contributed by atoms with Gasteiger partial charge in [0.1, 0.15) is 5.52 Å². The molecular formula is C20H16N4. The SMILES string of the molecule is Cc1ccc(/C(=C/c2ccccn2)n2nnc3ccccc32)cc1. The topological polar surface area (TPSA) is 43.6 Å². The van der Waals surface area contributed by atoms with Crippen molar-refractivity contribution in [3.8, 4) is 0 Å². The van der Waals surface area contributed by atoms with Crippen LogP contribution in [0, 0.1) is 6.92 Å². The van der Waals surface area contributed by atoms with Crippen molar-refractivity contribution in [2.24, 2.45) is 0 Å². The van der Waals surface area contributed by atoms with Crippen LogP contribution < -0.4 is 0 Å². The van der Waals surface area contributed by atoms with E-state index in [0.29, 0.717) is 0 Å². The van der Waals surface area contributed by atoms with Gasteiger partial charge in [-0.3, -0.25) is 4.98 Å². The zero-order valence-corrected chi connectivity index (χ0v) is 13.3. The Kier molecular flexibility index (Phi) is 3.63. The molecule has 4 aromatic rings. The normalized spacial score (nSPS) is 11.8. The fourth-order valence-corrected chi connectivity index (χ4v) is 2.64. The second kappa shape index (κ2) is 6.08. The Labute approximate surface area is 140 Å². The molecular weight excluding hydrogens is 296 g/mol. The number of para-hydroxylation sites is 1. The number of aryl methyl sites for hydroxylation is 1. The van der Waals surface area contributed by atoms with E-state index in [-0.39, 0.29) is 0 Å². The van der Waals surface area contributed by atoms with E-state index in [2.05, 4.69) is 46.5 Å². The minimum Gasteiger partial charge on any atom is -0.257 e. The minimum absolute atomic E-state index is 0.872. The smallest absolute Gasteiger partial charge is 0.113 e. The van der Waals surface area contributed by atoms with Gasteiger partial charge in [0.25, 0.3) is 0 Å². The maximum absolute atomic E-state index is 4.41. The molecule has 4 heteroatoms. The summed E-state index contributed by atoms with van der Waals surface area (Å²) in [5.41, 5.74) is 5.97. The molecule has 116 valence electrons. The first-order valence-corrected chi connectivity index (χ1v) is 7.82. The van der Waals surface area contributed by atoms with Crippen molar-refractivity contribution in [2.75, 3.05) is 0 Å². The standard InChI is InChI=1S/C20H16N4/c1-15-9-11-16(12-10-15)20(14-17-6-4-5-13-21-17)24-19-8-3-2-7-18(19)22-23-24/h2-14H,1H3/b20-14-. The third kappa shape index (κ3) is 2.70. The number of nitrogens with zero attached hydrogens (tertiary/aromatic N) is 4. The summed E-state index contributed by atoms with van der Waals surface area (Å²) in [6.07, 6.45) is 3.82. The van der Waals surface area contributed by atoms with Gasteiger partial charge in [-0.2, -0.15) is 0 Å². The van der Waals surface area contributed by atoms with Gasteiger partial charge in [0, 0.05) is 11.8 Å². The fourth-order valence-electron chi connectivity index (χ4n) is 2.64. The molecule has 4 rings (SSSR count). The van der Waals surface area contributed by atoms with Gasteiger partial charge in [0.15, 0.2) is 0 Å². The zero-order valence-electron chi connectivity index (χ0n) is 13.3. The number of pyridine rings is 1. The van der Waals surface area contributed by atoms with Gasteiger partial charge >= 0.3 is 0 Å². The molecule has 0 aliphatic rings. The number of rotatable bonds is 3. The summed E-state index contributed by atoms with van der Waals surface area (Å²) >= 11 is 0. The summed E-state index contributed by atoms with van der Waals surface area (Å²) in [6, 6.07) is 22.2. The highest BCUT2D eigenvalue weighted by Gasteiger charge is 2.11. The van der Waals surface area contributed by atoms with Crippen LogP contribution in [0.3, 0.4) is 0 Å². The average molecular weight is 312 g/mol. The average Bonchev–Trinajstić information content (AvgIpc) is 3.05. The first-order chi connectivity index (χ1) is 11.8. The van der Waals surface area contributed by atoms with Crippen LogP contribution in [0.25, 0.3) is 22.8 Å². The molecule has 4 nitrogen and oxygen atoms in total. The quantitative estimate of drug-likeness (QED) is 0.570. The van der Waals surface area contributed by atoms with Gasteiger partial charge in [-0.25, -0.2) is 4.68 Å². The Morgan fingerprint density at radius 3 is 2.50 bits per heavy atom. The van der Waals surface area contributed by atoms with E-state index in [0.717, 1.165) is 28.0 Å². The summed E-state index contributed by atoms with van der Waals surface area (Å²) in [6.45, 7) is 2.08. The summed E-state index contributed by atoms with van der Waals surface area (Å²) in [4.78, 5) is 4.41. The molecule has 0 saturated carbocycles. The van der Waals surface area contributed by atoms with Crippen LogP contribution in [-0.2, 0) is 0 Å². The van der Waals surface area contributed by atoms with Crippen molar-refractivity contribution in [3.63, 3.8) is 0 Å². The van der Waals surface area contributed by atoms with E-state index >= 15 is 0 Å². The molecule has 0 atom stereocenters. The second-order valence-electron chi connectivity index (χ2n) is 5.64. The van der Waals surface area contributed by atoms with Gasteiger partial charge in [-0.1, -0.05) is 53.2 Å². The first-order valence-electron chi connectivity index (χ1n) is 7.82. The van der Waals surface area contributed by atoms with Crippen molar-refractivity contribution in [1.82, 2.24) is 20.0 Å². The molecule has 0 amide bonds. The summed E-state index contributed by atoms with van der Waals surface area (Å²) in [5, 5.41) is 8.64. The summed E-state index contributed by atoms with van der Waals surface area (Å²) in [7, 11) is 0. The molecule has 0 saturated heterocycles. The molecule has 0 aliphatic carbocycles. The van der Waals surface area contributed by atoms with Crippen molar-refractivity contribution < 1.29 is 0 Å².